The van der Waals surface area contributed by atoms with E-state index < -0.39 is 0 Å². The molecule has 2 N–H and O–H groups in total. The molecule has 24 heavy (non-hydrogen) atoms. The predicted molar refractivity (Wildman–Crippen MR) is 90.7 cm³/mol. The third-order valence-corrected chi connectivity index (χ3v) is 4.81. The maximum absolute atomic E-state index is 13.6. The quantitative estimate of drug-likeness (QED) is 0.855. The Bertz CT molecular complexity index is 585. The highest BCUT2D eigenvalue weighted by Crippen LogP contribution is 2.16. The van der Waals surface area contributed by atoms with Crippen molar-refractivity contribution in [2.75, 3.05) is 26.2 Å². The van der Waals surface area contributed by atoms with Gasteiger partial charge in [-0.05, 0) is 31.4 Å². The van der Waals surface area contributed by atoms with Crippen molar-refractivity contribution in [1.82, 2.24) is 9.80 Å². The van der Waals surface area contributed by atoms with Crippen molar-refractivity contribution in [2.24, 2.45) is 11.7 Å². The molecule has 0 aliphatic carbocycles. The zero-order chi connectivity index (χ0) is 17.7. The second-order valence-electron chi connectivity index (χ2n) is 6.47. The lowest BCUT2D eigenvalue weighted by Crippen LogP contribution is -2.55. The van der Waals surface area contributed by atoms with E-state index >= 15 is 0 Å². The maximum atomic E-state index is 13.6. The smallest absolute Gasteiger partial charge is 0.234 e. The van der Waals surface area contributed by atoms with Crippen molar-refractivity contribution in [1.29, 1.82) is 0 Å². The second kappa shape index (κ2) is 8.24. The molecular formula is C18H26FN3O2. The predicted octanol–water partition coefficient (Wildman–Crippen LogP) is 1.41. The molecule has 0 bridgehead atoms. The molecule has 0 unspecified atom stereocenters. The van der Waals surface area contributed by atoms with Crippen molar-refractivity contribution in [3.8, 4) is 0 Å². The van der Waals surface area contributed by atoms with Crippen LogP contribution in [0.15, 0.2) is 24.3 Å². The van der Waals surface area contributed by atoms with Gasteiger partial charge >= 0.3 is 0 Å². The first-order valence-electron chi connectivity index (χ1n) is 8.45. The highest BCUT2D eigenvalue weighted by molar-refractivity contribution is 5.80. The van der Waals surface area contributed by atoms with Gasteiger partial charge in [0.05, 0.1) is 6.04 Å². The van der Waals surface area contributed by atoms with Crippen molar-refractivity contribution in [3.63, 3.8) is 0 Å². The minimum atomic E-state index is -0.340. The number of carbonyl (C=O) groups excluding carboxylic acids is 2. The van der Waals surface area contributed by atoms with Gasteiger partial charge in [0.15, 0.2) is 0 Å². The van der Waals surface area contributed by atoms with Crippen molar-refractivity contribution in [3.05, 3.63) is 35.6 Å². The Morgan fingerprint density at radius 1 is 1.17 bits per heavy atom. The average molecular weight is 335 g/mol. The molecule has 0 spiro atoms. The molecule has 2 amide bonds. The highest BCUT2D eigenvalue weighted by Gasteiger charge is 2.28. The number of hydrogen-bond donors (Lipinski definition) is 1. The summed E-state index contributed by atoms with van der Waals surface area (Å²) >= 11 is 0. The molecule has 0 saturated carbocycles. The molecule has 1 fully saturated rings. The summed E-state index contributed by atoms with van der Waals surface area (Å²) in [4.78, 5) is 27.6. The lowest BCUT2D eigenvalue weighted by atomic mass is 9.99. The van der Waals surface area contributed by atoms with Gasteiger partial charge in [0.1, 0.15) is 5.82 Å². The molecule has 1 aromatic carbocycles. The van der Waals surface area contributed by atoms with Crippen molar-refractivity contribution in [2.45, 2.75) is 32.7 Å². The summed E-state index contributed by atoms with van der Waals surface area (Å²) in [6, 6.07) is 6.38. The lowest BCUT2D eigenvalue weighted by molar-refractivity contribution is -0.137. The largest absolute Gasteiger partial charge is 0.368 e. The molecule has 0 aromatic heterocycles. The van der Waals surface area contributed by atoms with E-state index in [0.717, 1.165) is 0 Å². The van der Waals surface area contributed by atoms with Crippen LogP contribution in [0.2, 0.25) is 0 Å². The number of amides is 2. The number of hydrogen-bond acceptors (Lipinski definition) is 3. The topological polar surface area (TPSA) is 66.6 Å². The Balaban J connectivity index is 1.82. The van der Waals surface area contributed by atoms with Crippen LogP contribution in [0, 0.1) is 11.7 Å². The molecule has 1 saturated heterocycles. The average Bonchev–Trinajstić information content (AvgIpc) is 2.59. The number of rotatable bonds is 6. The molecule has 132 valence electrons. The Kier molecular flexibility index (Phi) is 6.31. The molecule has 2 atom stereocenters. The van der Waals surface area contributed by atoms with Crippen LogP contribution in [0.3, 0.4) is 0 Å². The molecular weight excluding hydrogens is 309 g/mol. The third kappa shape index (κ3) is 4.54. The summed E-state index contributed by atoms with van der Waals surface area (Å²) in [5, 5.41) is 0. The number of primary amides is 1. The minimum absolute atomic E-state index is 0.0951. The van der Waals surface area contributed by atoms with E-state index in [-0.39, 0.29) is 29.6 Å². The Morgan fingerprint density at radius 2 is 1.79 bits per heavy atom. The normalized spacial score (nSPS) is 18.2. The second-order valence-corrected chi connectivity index (χ2v) is 6.47. The first kappa shape index (κ1) is 18.4. The minimum Gasteiger partial charge on any atom is -0.368 e. The summed E-state index contributed by atoms with van der Waals surface area (Å²) in [6.45, 7) is 6.17. The van der Waals surface area contributed by atoms with Gasteiger partial charge in [-0.3, -0.25) is 14.5 Å². The number of halogens is 1. The molecule has 1 aliphatic heterocycles. The van der Waals surface area contributed by atoms with Crippen LogP contribution in [0.5, 0.6) is 0 Å². The van der Waals surface area contributed by atoms with E-state index in [1.54, 1.807) is 19.1 Å². The van der Waals surface area contributed by atoms with Gasteiger partial charge in [-0.2, -0.15) is 0 Å². The fourth-order valence-corrected chi connectivity index (χ4v) is 3.02. The van der Waals surface area contributed by atoms with Gasteiger partial charge in [0.2, 0.25) is 11.8 Å². The fourth-order valence-electron chi connectivity index (χ4n) is 3.02. The van der Waals surface area contributed by atoms with E-state index in [1.165, 1.54) is 6.07 Å². The van der Waals surface area contributed by atoms with Gasteiger partial charge < -0.3 is 10.6 Å². The molecule has 1 heterocycles. The first-order valence-corrected chi connectivity index (χ1v) is 8.45. The van der Waals surface area contributed by atoms with Crippen LogP contribution >= 0.6 is 0 Å². The van der Waals surface area contributed by atoms with Crippen LogP contribution in [0.25, 0.3) is 0 Å². The Hall–Kier alpha value is -1.95. The standard InChI is InChI=1S/C18H26FN3O2/c1-13(7-8-15-5-3-4-6-16(15)19)18(24)22-11-9-21(10-12-22)14(2)17(20)23/h3-6,13-14H,7-12H2,1-2H3,(H2,20,23)/t13-,14+/m1/s1. The van der Waals surface area contributed by atoms with E-state index in [1.807, 2.05) is 22.8 Å². The maximum Gasteiger partial charge on any atom is 0.234 e. The molecule has 6 heteroatoms. The molecule has 2 rings (SSSR count). The third-order valence-electron chi connectivity index (χ3n) is 4.81. The van der Waals surface area contributed by atoms with Gasteiger partial charge in [0.25, 0.3) is 0 Å². The van der Waals surface area contributed by atoms with Gasteiger partial charge in [-0.25, -0.2) is 4.39 Å². The zero-order valence-corrected chi connectivity index (χ0v) is 14.4. The number of nitrogens with zero attached hydrogens (tertiary/aromatic N) is 2. The van der Waals surface area contributed by atoms with Crippen molar-refractivity contribution >= 4 is 11.8 Å². The van der Waals surface area contributed by atoms with Crippen LogP contribution in [-0.4, -0.2) is 53.8 Å². The monoisotopic (exact) mass is 335 g/mol. The van der Waals surface area contributed by atoms with E-state index in [0.29, 0.717) is 44.6 Å². The summed E-state index contributed by atoms with van der Waals surface area (Å²) in [6.07, 6.45) is 1.18. The van der Waals surface area contributed by atoms with Gasteiger partial charge in [0, 0.05) is 32.1 Å². The molecule has 0 radical (unpaired) electrons. The number of piperazine rings is 1. The van der Waals surface area contributed by atoms with E-state index in [2.05, 4.69) is 0 Å². The van der Waals surface area contributed by atoms with Crippen molar-refractivity contribution < 1.29 is 14.0 Å². The zero-order valence-electron chi connectivity index (χ0n) is 14.4. The summed E-state index contributed by atoms with van der Waals surface area (Å²) in [5.74, 6) is -0.610. The number of aryl methyl sites for hydroxylation is 1. The highest BCUT2D eigenvalue weighted by atomic mass is 19.1. The van der Waals surface area contributed by atoms with Gasteiger partial charge in [-0.15, -0.1) is 0 Å². The molecule has 1 aliphatic rings. The van der Waals surface area contributed by atoms with Gasteiger partial charge in [-0.1, -0.05) is 25.1 Å². The Labute approximate surface area is 142 Å². The number of benzene rings is 1. The van der Waals surface area contributed by atoms with Crippen LogP contribution < -0.4 is 5.73 Å². The number of carbonyl (C=O) groups is 2. The summed E-state index contributed by atoms with van der Waals surface area (Å²) in [5.41, 5.74) is 5.97. The van der Waals surface area contributed by atoms with Crippen LogP contribution in [-0.2, 0) is 16.0 Å². The fraction of sp³-hybridized carbons (Fsp3) is 0.556. The van der Waals surface area contributed by atoms with Crippen LogP contribution in [0.4, 0.5) is 4.39 Å². The lowest BCUT2D eigenvalue weighted by Gasteiger charge is -2.38. The van der Waals surface area contributed by atoms with E-state index in [9.17, 15) is 14.0 Å². The molecule has 5 nitrogen and oxygen atoms in total. The summed E-state index contributed by atoms with van der Waals surface area (Å²) in [7, 11) is 0. The molecule has 1 aromatic rings. The Morgan fingerprint density at radius 3 is 2.38 bits per heavy atom. The SMILES string of the molecule is C[C@H](CCc1ccccc1F)C(=O)N1CCN([C@@H](C)C(N)=O)CC1. The van der Waals surface area contributed by atoms with E-state index in [4.69, 9.17) is 5.73 Å². The van der Waals surface area contributed by atoms with Crippen LogP contribution in [0.1, 0.15) is 25.8 Å². The number of nitrogens with two attached hydrogens (primary N) is 1. The first-order chi connectivity index (χ1) is 11.4. The summed E-state index contributed by atoms with van der Waals surface area (Å²) < 4.78 is 13.6.